The van der Waals surface area contributed by atoms with Gasteiger partial charge in [-0.3, -0.25) is 47.9 Å². The van der Waals surface area contributed by atoms with Crippen LogP contribution >= 0.6 is 11.8 Å². The summed E-state index contributed by atoms with van der Waals surface area (Å²) in [6, 6.07) is 16.5. The molecule has 35 N–H and O–H groups in total. The summed E-state index contributed by atoms with van der Waals surface area (Å²) in [4.78, 5) is 109. The minimum absolute atomic E-state index is 0.198. The third-order valence-electron chi connectivity index (χ3n) is 22.8. The number of unbranched alkanes of at least 4 members (excludes halogenated alkanes) is 1. The number of aromatic amines is 1. The molecule has 0 aliphatic carbocycles. The van der Waals surface area contributed by atoms with E-state index in [1.165, 1.54) is 6.92 Å². The van der Waals surface area contributed by atoms with E-state index in [-0.39, 0.29) is 46.0 Å². The van der Waals surface area contributed by atoms with E-state index in [9.17, 15) is 47.9 Å². The van der Waals surface area contributed by atoms with E-state index in [2.05, 4.69) is 24.1 Å². The van der Waals surface area contributed by atoms with Crippen LogP contribution in [0.4, 0.5) is 0 Å². The number of hydrogen-bond acceptors (Lipinski definition) is 25. The van der Waals surface area contributed by atoms with Crippen molar-refractivity contribution < 1.29 is 114 Å². The maximum absolute atomic E-state index is 11.0. The topological polar surface area (TPSA) is 722 Å². The second-order valence-corrected chi connectivity index (χ2v) is 39.5. The van der Waals surface area contributed by atoms with Crippen molar-refractivity contribution in [2.45, 2.75) is 318 Å². The van der Waals surface area contributed by atoms with Crippen LogP contribution in [0.1, 0.15) is 249 Å². The van der Waals surface area contributed by atoms with Crippen LogP contribution in [0.2, 0.25) is 0 Å². The first-order valence-corrected chi connectivity index (χ1v) is 45.2. The number of aromatic nitrogens is 1. The molecule has 1 fully saturated rings. The minimum atomic E-state index is -1.09. The van der Waals surface area contributed by atoms with Crippen molar-refractivity contribution in [3.05, 3.63) is 102 Å². The molecule has 1 saturated heterocycles. The predicted octanol–water partition coefficient (Wildman–Crippen LogP) is 10.6. The minimum Gasteiger partial charge on any atom is -0.508 e. The number of hydrogen-bond donors (Lipinski definition) is 25. The summed E-state index contributed by atoms with van der Waals surface area (Å²) in [6.07, 6.45) is 11.2. The number of carboxylic acids is 10. The van der Waals surface area contributed by atoms with Gasteiger partial charge in [0.15, 0.2) is 0 Å². The molecule has 5 rings (SSSR count). The smallest absolute Gasteiger partial charge is 0.321 e. The number of rotatable bonds is 37. The normalized spacial score (nSPS) is 15.0. The molecule has 0 bridgehead atoms. The Hall–Kier alpha value is -8.47. The van der Waals surface area contributed by atoms with Crippen LogP contribution in [0.5, 0.6) is 5.75 Å². The molecule has 2 heterocycles. The van der Waals surface area contributed by atoms with Crippen LogP contribution in [0.3, 0.4) is 0 Å². The summed E-state index contributed by atoms with van der Waals surface area (Å²) in [5.41, 5.74) is 55.0. The Morgan fingerprint density at radius 2 is 0.754 bits per heavy atom. The van der Waals surface area contributed by atoms with Gasteiger partial charge in [0.05, 0.1) is 12.7 Å². The number of aromatic hydroxyl groups is 1. The van der Waals surface area contributed by atoms with Gasteiger partial charge in [-0.1, -0.05) is 247 Å². The van der Waals surface area contributed by atoms with Crippen molar-refractivity contribution in [1.82, 2.24) is 10.3 Å². The molecule has 1 aliphatic rings. The predicted molar refractivity (Wildman–Crippen MR) is 519 cm³/mol. The maximum atomic E-state index is 11.0. The Balaban J connectivity index is -0.000000259. The molecule has 1 aliphatic heterocycles. The summed E-state index contributed by atoms with van der Waals surface area (Å²) in [7, 11) is 0. The molecule has 0 spiro atoms. The maximum Gasteiger partial charge on any atom is 0.321 e. The highest BCUT2D eigenvalue weighted by Crippen LogP contribution is 2.34. The molecule has 1 aromatic heterocycles. The van der Waals surface area contributed by atoms with Crippen molar-refractivity contribution in [1.29, 1.82) is 0 Å². The lowest BCUT2D eigenvalue weighted by atomic mass is 9.75. The third kappa shape index (κ3) is 53.9. The standard InChI is InChI=1S/C14H18N2O2.C12H17NO3.C12H17NO2.C9H20N2O2.C9H19NO2.C8H17NO2S.C8H17NO2.C7H15NO3.C6H13NO3.C5H9NO2.2C2H6/c1-14(2,12(15)13(17)18)7-9-8-16-11-6-4-3-5-10(9)11;1-12(2,10(13)11(15)16)7-8-3-5-9(14)6-4-8;1-12(2,10(13)11(14)15)8-9-6-4-3-5-7-9;1-9(2,5-3-4-6-10)7(11)8(12)13;1-6(2)5-9(3,4)7(10)8(11)12;1-8(2,4-5-12-3)6(9)7(10)11;1-5(2)8(3,4)6(9)7(10)11;1-4(9)7(2,3)5(8)6(10)11;1-6(2,3-8)4(7)5(9)10;7-5(8)4-2-1-3-6-4;2*1-2/h3-6,8,12,16H,7,15H2,1-2H3,(H,17,18);3-6,10,14H,7,13H2,1-2H3,(H,15,16);3-7,10H,8,13H2,1-2H3,(H,14,15);7H,3-6,10-11H2,1-2H3,(H,12,13);6-7H,5,10H2,1-4H3,(H,11,12);6H,4-5,9H2,1-3H3,(H,10,11);5-6H,9H2,1-4H3,(H,10,11);4-5,9H,8H2,1-3H3,(H,10,11);4,8H,3,7H2,1-2H3,(H,9,10);4,6H,1-3H2,(H,7,8);2*1-2H3. The van der Waals surface area contributed by atoms with E-state index in [1.54, 1.807) is 63.7 Å². The van der Waals surface area contributed by atoms with E-state index >= 15 is 0 Å². The molecule has 36 heteroatoms. The monoisotopic (exact) mass is 1870 g/mol. The molecule has 0 amide bonds. The van der Waals surface area contributed by atoms with Crippen LogP contribution in [0, 0.1) is 60.6 Å². The zero-order valence-electron chi connectivity index (χ0n) is 83.1. The number of aliphatic carboxylic acids is 10. The summed E-state index contributed by atoms with van der Waals surface area (Å²) in [5, 5.41) is 118. The van der Waals surface area contributed by atoms with Gasteiger partial charge >= 0.3 is 59.7 Å². The van der Waals surface area contributed by atoms with E-state index in [4.69, 9.17) is 124 Å². The SMILES string of the molecule is CC.CC.CC(C)(CCCCN)C(N)C(=O)O.CC(C)(CO)C(N)C(=O)O.CC(C)(Cc1c[nH]c2ccccc12)C(N)C(=O)O.CC(C)(Cc1ccc(O)cc1)C(N)C(=O)O.CC(C)(Cc1ccccc1)C(N)C(=O)O.CC(C)C(C)(C)C(N)C(=O)O.CC(C)CC(C)(C)C(N)C(=O)O.CC(O)C(C)(C)C(N)C(=O)O.CSCCC(C)(C)C(N)C(=O)O.O=C(O)C1CCCN1. The average molecular weight is 1870 g/mol. The van der Waals surface area contributed by atoms with Gasteiger partial charge in [-0.2, -0.15) is 11.8 Å². The quantitative estimate of drug-likeness (QED) is 0.0187. The van der Waals surface area contributed by atoms with E-state index in [0.717, 1.165) is 84.8 Å². The highest BCUT2D eigenvalue weighted by Gasteiger charge is 2.40. The number of phenolic OH excluding ortho intramolecular Hbond substituents is 1. The number of fused-ring (bicyclic) bond motifs is 1. The second kappa shape index (κ2) is 64.4. The lowest BCUT2D eigenvalue weighted by Crippen LogP contribution is -2.49. The summed E-state index contributed by atoms with van der Waals surface area (Å²) in [6.45, 7) is 51.6. The number of benzene rings is 3. The van der Waals surface area contributed by atoms with Crippen molar-refractivity contribution in [3.8, 4) is 5.75 Å². The first-order chi connectivity index (χ1) is 59.1. The van der Waals surface area contributed by atoms with Crippen molar-refractivity contribution in [3.63, 3.8) is 0 Å². The largest absolute Gasteiger partial charge is 0.508 e. The Labute approximate surface area is 778 Å². The lowest BCUT2D eigenvalue weighted by Gasteiger charge is -2.32. The van der Waals surface area contributed by atoms with Crippen molar-refractivity contribution in [2.24, 2.45) is 118 Å². The molecule has 0 radical (unpaired) electrons. The highest BCUT2D eigenvalue weighted by molar-refractivity contribution is 7.98. The molecule has 3 aromatic carbocycles. The number of aliphatic hydroxyl groups is 2. The molecule has 754 valence electrons. The summed E-state index contributed by atoms with van der Waals surface area (Å²) in [5.74, 6) is -7.59. The molecule has 0 saturated carbocycles. The Kier molecular flexibility index (Phi) is 66.7. The molecular formula is C94H174N12O23S. The van der Waals surface area contributed by atoms with E-state index < -0.39 is 147 Å². The average Bonchev–Trinajstić information content (AvgIpc) is 1.66. The number of carboxylic acid groups (broad SMARTS) is 10. The zero-order chi connectivity index (χ0) is 104. The van der Waals surface area contributed by atoms with Crippen LogP contribution in [0.25, 0.3) is 10.9 Å². The Bertz CT molecular complexity index is 3830. The molecule has 11 unspecified atom stereocenters. The van der Waals surface area contributed by atoms with E-state index in [0.29, 0.717) is 31.7 Å². The van der Waals surface area contributed by atoms with Gasteiger partial charge in [0.1, 0.15) is 66.2 Å². The molecule has 4 aromatic rings. The summed E-state index contributed by atoms with van der Waals surface area (Å²) < 4.78 is 0. The molecule has 35 nitrogen and oxygen atoms in total. The number of thioether (sulfide) groups is 1. The Morgan fingerprint density at radius 1 is 0.423 bits per heavy atom. The van der Waals surface area contributed by atoms with Crippen LogP contribution in [-0.2, 0) is 67.2 Å². The first-order valence-electron chi connectivity index (χ1n) is 43.8. The van der Waals surface area contributed by atoms with Crippen molar-refractivity contribution in [2.75, 3.05) is 31.7 Å². The van der Waals surface area contributed by atoms with Gasteiger partial charge in [-0.15, -0.1) is 0 Å². The van der Waals surface area contributed by atoms with Crippen LogP contribution in [-0.4, -0.2) is 229 Å². The van der Waals surface area contributed by atoms with Gasteiger partial charge in [0.25, 0.3) is 0 Å². The molecule has 130 heavy (non-hydrogen) atoms. The fourth-order valence-corrected chi connectivity index (χ4v) is 12.3. The number of H-pyrrole nitrogens is 1. The second-order valence-electron chi connectivity index (χ2n) is 38.5. The van der Waals surface area contributed by atoms with Gasteiger partial charge in [0.2, 0.25) is 0 Å². The number of carbonyl (C=O) groups is 10. The summed E-state index contributed by atoms with van der Waals surface area (Å²) >= 11 is 1.71. The molecule has 11 atom stereocenters. The number of nitrogens with one attached hydrogen (secondary N) is 2. The van der Waals surface area contributed by atoms with Gasteiger partial charge < -0.3 is 134 Å². The van der Waals surface area contributed by atoms with Crippen LogP contribution < -0.4 is 62.7 Å². The molecular weight excluding hydrogens is 1700 g/mol. The number of nitrogens with two attached hydrogens (primary N) is 10. The lowest BCUT2D eigenvalue weighted by molar-refractivity contribution is -0.144. The Morgan fingerprint density at radius 3 is 1.05 bits per heavy atom. The first kappa shape index (κ1) is 135. The fourth-order valence-electron chi connectivity index (χ4n) is 11.5. The van der Waals surface area contributed by atoms with Crippen molar-refractivity contribution >= 4 is 82.4 Å². The fraction of sp³-hybridized carbons (Fsp3) is 0.681. The van der Waals surface area contributed by atoms with Crippen LogP contribution in [0.15, 0.2) is 85.1 Å². The number of phenols is 1. The van der Waals surface area contributed by atoms with E-state index in [1.807, 2.05) is 206 Å². The van der Waals surface area contributed by atoms with Gasteiger partial charge in [0, 0.05) is 27.9 Å². The van der Waals surface area contributed by atoms with Gasteiger partial charge in [-0.05, 0) is 174 Å². The number of para-hydroxylation sites is 1. The van der Waals surface area contributed by atoms with Gasteiger partial charge in [-0.25, -0.2) is 0 Å². The number of aliphatic hydroxyl groups excluding tert-OH is 2. The zero-order valence-corrected chi connectivity index (χ0v) is 83.9. The highest BCUT2D eigenvalue weighted by atomic mass is 32.2. The third-order valence-corrected chi connectivity index (χ3v) is 23.4.